The van der Waals surface area contributed by atoms with Crippen molar-refractivity contribution in [2.24, 2.45) is 17.3 Å². The molecule has 0 radical (unpaired) electrons. The van der Waals surface area contributed by atoms with Crippen LogP contribution in [0.1, 0.15) is 47.0 Å². The summed E-state index contributed by atoms with van der Waals surface area (Å²) in [5.74, 6) is 0.559. The van der Waals surface area contributed by atoms with E-state index in [-0.39, 0.29) is 17.2 Å². The number of amides is 1. The molecule has 1 amide bonds. The molecule has 94 valence electrons. The molecule has 1 fully saturated rings. The van der Waals surface area contributed by atoms with Crippen LogP contribution in [-0.2, 0) is 4.79 Å². The van der Waals surface area contributed by atoms with Gasteiger partial charge >= 0.3 is 0 Å². The van der Waals surface area contributed by atoms with Gasteiger partial charge in [0, 0.05) is 12.5 Å². The smallest absolute Gasteiger partial charge is 0.223 e. The molecule has 3 nitrogen and oxygen atoms in total. The zero-order valence-corrected chi connectivity index (χ0v) is 10.9. The van der Waals surface area contributed by atoms with Crippen LogP contribution in [0.4, 0.5) is 0 Å². The average molecular weight is 227 g/mol. The van der Waals surface area contributed by atoms with Crippen molar-refractivity contribution < 1.29 is 9.90 Å². The standard InChI is InChI=1S/C13H25NO2/c1-5-9(6-2)11(15)8-14-12(16)10-7-13(10,3)4/h9-11,15H,5-8H2,1-4H3,(H,14,16). The number of hydrogen-bond acceptors (Lipinski definition) is 2. The fourth-order valence-electron chi connectivity index (χ4n) is 2.24. The predicted octanol–water partition coefficient (Wildman–Crippen LogP) is 1.95. The van der Waals surface area contributed by atoms with Crippen LogP contribution in [0.2, 0.25) is 0 Å². The number of carbonyl (C=O) groups excluding carboxylic acids is 1. The summed E-state index contributed by atoms with van der Waals surface area (Å²) in [5, 5.41) is 12.7. The molecule has 0 aromatic heterocycles. The van der Waals surface area contributed by atoms with Gasteiger partial charge in [0.25, 0.3) is 0 Å². The summed E-state index contributed by atoms with van der Waals surface area (Å²) in [7, 11) is 0. The van der Waals surface area contributed by atoms with E-state index in [0.717, 1.165) is 19.3 Å². The lowest BCUT2D eigenvalue weighted by atomic mass is 9.96. The summed E-state index contributed by atoms with van der Waals surface area (Å²) in [5.41, 5.74) is 0.171. The number of rotatable bonds is 6. The third kappa shape index (κ3) is 3.21. The third-order valence-electron chi connectivity index (χ3n) is 3.91. The monoisotopic (exact) mass is 227 g/mol. The van der Waals surface area contributed by atoms with Crippen LogP contribution in [0.25, 0.3) is 0 Å². The zero-order chi connectivity index (χ0) is 12.3. The summed E-state index contributed by atoms with van der Waals surface area (Å²) in [4.78, 5) is 11.7. The molecule has 1 aliphatic carbocycles. The Hall–Kier alpha value is -0.570. The quantitative estimate of drug-likeness (QED) is 0.728. The Morgan fingerprint density at radius 3 is 2.31 bits per heavy atom. The van der Waals surface area contributed by atoms with Gasteiger partial charge in [-0.1, -0.05) is 40.5 Å². The highest BCUT2D eigenvalue weighted by Crippen LogP contribution is 2.51. The second kappa shape index (κ2) is 5.17. The lowest BCUT2D eigenvalue weighted by Crippen LogP contribution is -2.37. The zero-order valence-electron chi connectivity index (χ0n) is 10.9. The normalized spacial score (nSPS) is 24.2. The van der Waals surface area contributed by atoms with E-state index in [1.165, 1.54) is 0 Å². The van der Waals surface area contributed by atoms with E-state index in [1.807, 2.05) is 0 Å². The maximum Gasteiger partial charge on any atom is 0.223 e. The fraction of sp³-hybridized carbons (Fsp3) is 0.923. The molecule has 0 aliphatic heterocycles. The van der Waals surface area contributed by atoms with Crippen molar-refractivity contribution in [3.05, 3.63) is 0 Å². The van der Waals surface area contributed by atoms with Gasteiger partial charge in [-0.2, -0.15) is 0 Å². The molecule has 1 aliphatic rings. The van der Waals surface area contributed by atoms with Crippen LogP contribution in [0.15, 0.2) is 0 Å². The van der Waals surface area contributed by atoms with Crippen molar-refractivity contribution in [3.63, 3.8) is 0 Å². The lowest BCUT2D eigenvalue weighted by Gasteiger charge is -2.20. The van der Waals surface area contributed by atoms with E-state index < -0.39 is 6.10 Å². The molecule has 0 saturated heterocycles. The van der Waals surface area contributed by atoms with Gasteiger partial charge < -0.3 is 10.4 Å². The Morgan fingerprint density at radius 2 is 1.94 bits per heavy atom. The Morgan fingerprint density at radius 1 is 1.44 bits per heavy atom. The molecule has 2 atom stereocenters. The van der Waals surface area contributed by atoms with E-state index >= 15 is 0 Å². The first-order valence-electron chi connectivity index (χ1n) is 6.38. The van der Waals surface area contributed by atoms with Crippen molar-refractivity contribution in [1.82, 2.24) is 5.32 Å². The van der Waals surface area contributed by atoms with E-state index in [4.69, 9.17) is 0 Å². The molecule has 16 heavy (non-hydrogen) atoms. The van der Waals surface area contributed by atoms with Gasteiger partial charge in [0.2, 0.25) is 5.91 Å². The number of nitrogens with one attached hydrogen (secondary N) is 1. The number of hydrogen-bond donors (Lipinski definition) is 2. The van der Waals surface area contributed by atoms with Gasteiger partial charge in [-0.3, -0.25) is 4.79 Å². The van der Waals surface area contributed by atoms with Gasteiger partial charge in [-0.05, 0) is 17.8 Å². The van der Waals surface area contributed by atoms with Gasteiger partial charge in [0.15, 0.2) is 0 Å². The molecule has 0 aromatic rings. The van der Waals surface area contributed by atoms with Crippen LogP contribution in [0.5, 0.6) is 0 Å². The minimum absolute atomic E-state index is 0.106. The molecular formula is C13H25NO2. The van der Waals surface area contributed by atoms with Crippen molar-refractivity contribution in [2.45, 2.75) is 53.1 Å². The van der Waals surface area contributed by atoms with Crippen molar-refractivity contribution >= 4 is 5.91 Å². The highest BCUT2D eigenvalue weighted by atomic mass is 16.3. The predicted molar refractivity (Wildman–Crippen MR) is 65.0 cm³/mol. The molecule has 0 heterocycles. The molecule has 0 bridgehead atoms. The van der Waals surface area contributed by atoms with E-state index in [0.29, 0.717) is 12.5 Å². The molecule has 0 aromatic carbocycles. The average Bonchev–Trinajstić information content (AvgIpc) is 2.86. The summed E-state index contributed by atoms with van der Waals surface area (Å²) in [6, 6.07) is 0. The number of aliphatic hydroxyl groups is 1. The first-order chi connectivity index (χ1) is 7.42. The minimum atomic E-state index is -0.402. The SMILES string of the molecule is CCC(CC)C(O)CNC(=O)C1CC1(C)C. The first-order valence-corrected chi connectivity index (χ1v) is 6.38. The summed E-state index contributed by atoms with van der Waals surface area (Å²) in [6.07, 6.45) is 2.49. The molecular weight excluding hydrogens is 202 g/mol. The van der Waals surface area contributed by atoms with Crippen LogP contribution in [0.3, 0.4) is 0 Å². The molecule has 0 spiro atoms. The topological polar surface area (TPSA) is 49.3 Å². The summed E-state index contributed by atoms with van der Waals surface area (Å²) < 4.78 is 0. The van der Waals surface area contributed by atoms with Crippen molar-refractivity contribution in [1.29, 1.82) is 0 Å². The Kier molecular flexibility index (Phi) is 4.36. The Labute approximate surface area is 98.6 Å². The molecule has 1 rings (SSSR count). The van der Waals surface area contributed by atoms with Crippen LogP contribution in [0, 0.1) is 17.3 Å². The number of carbonyl (C=O) groups is 1. The second-order valence-corrected chi connectivity index (χ2v) is 5.63. The summed E-state index contributed by atoms with van der Waals surface area (Å²) >= 11 is 0. The first kappa shape index (κ1) is 13.5. The molecule has 2 unspecified atom stereocenters. The van der Waals surface area contributed by atoms with E-state index in [2.05, 4.69) is 33.0 Å². The Bertz CT molecular complexity index is 246. The van der Waals surface area contributed by atoms with E-state index in [1.54, 1.807) is 0 Å². The highest BCUT2D eigenvalue weighted by Gasteiger charge is 2.50. The van der Waals surface area contributed by atoms with Crippen LogP contribution < -0.4 is 5.32 Å². The minimum Gasteiger partial charge on any atom is -0.391 e. The van der Waals surface area contributed by atoms with Gasteiger partial charge in [0.1, 0.15) is 0 Å². The van der Waals surface area contributed by atoms with Crippen LogP contribution >= 0.6 is 0 Å². The third-order valence-corrected chi connectivity index (χ3v) is 3.91. The largest absolute Gasteiger partial charge is 0.391 e. The fourth-order valence-corrected chi connectivity index (χ4v) is 2.24. The van der Waals surface area contributed by atoms with Gasteiger partial charge in [0.05, 0.1) is 6.10 Å². The number of aliphatic hydroxyl groups excluding tert-OH is 1. The van der Waals surface area contributed by atoms with Gasteiger partial charge in [-0.25, -0.2) is 0 Å². The van der Waals surface area contributed by atoms with E-state index in [9.17, 15) is 9.90 Å². The van der Waals surface area contributed by atoms with Crippen molar-refractivity contribution in [3.8, 4) is 0 Å². The summed E-state index contributed by atoms with van der Waals surface area (Å²) in [6.45, 7) is 8.76. The molecule has 2 N–H and O–H groups in total. The highest BCUT2D eigenvalue weighted by molar-refractivity contribution is 5.82. The van der Waals surface area contributed by atoms with Crippen LogP contribution in [-0.4, -0.2) is 23.7 Å². The second-order valence-electron chi connectivity index (χ2n) is 5.63. The van der Waals surface area contributed by atoms with Crippen molar-refractivity contribution in [2.75, 3.05) is 6.54 Å². The lowest BCUT2D eigenvalue weighted by molar-refractivity contribution is -0.123. The van der Waals surface area contributed by atoms with Gasteiger partial charge in [-0.15, -0.1) is 0 Å². The molecule has 1 saturated carbocycles. The maximum atomic E-state index is 11.7. The maximum absolute atomic E-state index is 11.7. The Balaban J connectivity index is 2.27. The molecule has 3 heteroatoms.